The van der Waals surface area contributed by atoms with E-state index in [0.29, 0.717) is 5.54 Å². The summed E-state index contributed by atoms with van der Waals surface area (Å²) in [5.74, 6) is 0.825. The van der Waals surface area contributed by atoms with Gasteiger partial charge in [0.15, 0.2) is 0 Å². The Kier molecular flexibility index (Phi) is 1.08. The molecule has 0 bridgehead atoms. The highest BCUT2D eigenvalue weighted by Gasteiger charge is 2.46. The van der Waals surface area contributed by atoms with E-state index in [-0.39, 0.29) is 0 Å². The van der Waals surface area contributed by atoms with Gasteiger partial charge in [-0.05, 0) is 18.9 Å². The number of hydrogen-bond donors (Lipinski definition) is 1. The maximum Gasteiger partial charge on any atom is 0.0679 e. The molecule has 0 aromatic carbocycles. The standard InChI is InChI=1S/C7H13NO/c1-6-2-3-8-7(6)4-9-5-7/h6,8H,2-5H2,1H3. The quantitative estimate of drug-likeness (QED) is 0.508. The molecule has 0 saturated carbocycles. The number of hydrogen-bond acceptors (Lipinski definition) is 2. The summed E-state index contributed by atoms with van der Waals surface area (Å²) in [4.78, 5) is 0. The van der Waals surface area contributed by atoms with Gasteiger partial charge in [0.1, 0.15) is 0 Å². The van der Waals surface area contributed by atoms with Crippen molar-refractivity contribution in [1.82, 2.24) is 5.32 Å². The van der Waals surface area contributed by atoms with Gasteiger partial charge < -0.3 is 10.1 Å². The largest absolute Gasteiger partial charge is 0.377 e. The van der Waals surface area contributed by atoms with E-state index in [9.17, 15) is 0 Å². The van der Waals surface area contributed by atoms with Crippen LogP contribution in [0.4, 0.5) is 0 Å². The molecule has 0 radical (unpaired) electrons. The van der Waals surface area contributed by atoms with Gasteiger partial charge in [0.05, 0.1) is 18.8 Å². The molecule has 2 heterocycles. The lowest BCUT2D eigenvalue weighted by molar-refractivity contribution is -0.0834. The van der Waals surface area contributed by atoms with Gasteiger partial charge in [0, 0.05) is 0 Å². The lowest BCUT2D eigenvalue weighted by Gasteiger charge is -2.41. The fourth-order valence-electron chi connectivity index (χ4n) is 1.70. The third kappa shape index (κ3) is 0.634. The third-order valence-electron chi connectivity index (χ3n) is 2.72. The molecular formula is C7H13NO. The van der Waals surface area contributed by atoms with E-state index >= 15 is 0 Å². The van der Waals surface area contributed by atoms with E-state index in [2.05, 4.69) is 12.2 Å². The summed E-state index contributed by atoms with van der Waals surface area (Å²) >= 11 is 0. The average Bonchev–Trinajstić information content (AvgIpc) is 2.07. The lowest BCUT2D eigenvalue weighted by Crippen LogP contribution is -2.60. The molecular weight excluding hydrogens is 114 g/mol. The fourth-order valence-corrected chi connectivity index (χ4v) is 1.70. The Morgan fingerprint density at radius 1 is 1.56 bits per heavy atom. The summed E-state index contributed by atoms with van der Waals surface area (Å²) in [5.41, 5.74) is 0.403. The van der Waals surface area contributed by atoms with E-state index < -0.39 is 0 Å². The zero-order valence-corrected chi connectivity index (χ0v) is 5.81. The monoisotopic (exact) mass is 127 g/mol. The van der Waals surface area contributed by atoms with Gasteiger partial charge >= 0.3 is 0 Å². The predicted octanol–water partition coefficient (Wildman–Crippen LogP) is 0.385. The molecule has 2 heteroatoms. The van der Waals surface area contributed by atoms with Crippen molar-refractivity contribution in [2.45, 2.75) is 18.9 Å². The molecule has 2 nitrogen and oxygen atoms in total. The van der Waals surface area contributed by atoms with Gasteiger partial charge in [0.2, 0.25) is 0 Å². The molecule has 2 fully saturated rings. The van der Waals surface area contributed by atoms with Crippen molar-refractivity contribution in [1.29, 1.82) is 0 Å². The van der Waals surface area contributed by atoms with Gasteiger partial charge in [-0.3, -0.25) is 0 Å². The maximum atomic E-state index is 5.17. The molecule has 0 aromatic heterocycles. The van der Waals surface area contributed by atoms with Crippen molar-refractivity contribution in [3.05, 3.63) is 0 Å². The summed E-state index contributed by atoms with van der Waals surface area (Å²) in [7, 11) is 0. The van der Waals surface area contributed by atoms with Crippen molar-refractivity contribution in [2.24, 2.45) is 5.92 Å². The van der Waals surface area contributed by atoms with Crippen LogP contribution in [0.15, 0.2) is 0 Å². The molecule has 0 amide bonds. The minimum absolute atomic E-state index is 0.403. The molecule has 0 aliphatic carbocycles. The zero-order chi connectivity index (χ0) is 6.32. The normalized spacial score (nSPS) is 39.0. The maximum absolute atomic E-state index is 5.17. The van der Waals surface area contributed by atoms with Crippen LogP contribution in [0.1, 0.15) is 13.3 Å². The van der Waals surface area contributed by atoms with Crippen LogP contribution in [0.25, 0.3) is 0 Å². The molecule has 1 spiro atoms. The molecule has 0 aromatic rings. The Morgan fingerprint density at radius 3 is 2.56 bits per heavy atom. The Hall–Kier alpha value is -0.0800. The summed E-state index contributed by atoms with van der Waals surface area (Å²) in [6, 6.07) is 0. The molecule has 2 aliphatic rings. The Bertz CT molecular complexity index is 120. The molecule has 1 atom stereocenters. The van der Waals surface area contributed by atoms with E-state index in [0.717, 1.165) is 19.1 Å². The summed E-state index contributed by atoms with van der Waals surface area (Å²) in [6.07, 6.45) is 1.32. The molecule has 2 rings (SSSR count). The summed E-state index contributed by atoms with van der Waals surface area (Å²) < 4.78 is 5.17. The third-order valence-corrected chi connectivity index (χ3v) is 2.72. The molecule has 2 aliphatic heterocycles. The summed E-state index contributed by atoms with van der Waals surface area (Å²) in [6.45, 7) is 5.37. The van der Waals surface area contributed by atoms with Crippen molar-refractivity contribution in [2.75, 3.05) is 19.8 Å². The number of nitrogens with one attached hydrogen (secondary N) is 1. The van der Waals surface area contributed by atoms with Crippen LogP contribution in [0.3, 0.4) is 0 Å². The highest BCUT2D eigenvalue weighted by Crippen LogP contribution is 2.32. The van der Waals surface area contributed by atoms with E-state index in [1.54, 1.807) is 0 Å². The van der Waals surface area contributed by atoms with Crippen LogP contribution in [0.5, 0.6) is 0 Å². The van der Waals surface area contributed by atoms with Crippen molar-refractivity contribution in [3.8, 4) is 0 Å². The molecule has 1 unspecified atom stereocenters. The molecule has 2 saturated heterocycles. The predicted molar refractivity (Wildman–Crippen MR) is 35.3 cm³/mol. The first-order valence-corrected chi connectivity index (χ1v) is 3.66. The SMILES string of the molecule is CC1CCNC12COC2. The van der Waals surface area contributed by atoms with Gasteiger partial charge in [-0.15, -0.1) is 0 Å². The van der Waals surface area contributed by atoms with Crippen LogP contribution in [-0.4, -0.2) is 25.3 Å². The average molecular weight is 127 g/mol. The smallest absolute Gasteiger partial charge is 0.0679 e. The Morgan fingerprint density at radius 2 is 2.33 bits per heavy atom. The lowest BCUT2D eigenvalue weighted by atomic mass is 9.85. The minimum atomic E-state index is 0.403. The van der Waals surface area contributed by atoms with Crippen molar-refractivity contribution >= 4 is 0 Å². The highest BCUT2D eigenvalue weighted by atomic mass is 16.5. The molecule has 9 heavy (non-hydrogen) atoms. The van der Waals surface area contributed by atoms with E-state index in [1.165, 1.54) is 13.0 Å². The fraction of sp³-hybridized carbons (Fsp3) is 1.00. The second-order valence-electron chi connectivity index (χ2n) is 3.27. The second kappa shape index (κ2) is 1.70. The summed E-state index contributed by atoms with van der Waals surface area (Å²) in [5, 5.41) is 3.49. The second-order valence-corrected chi connectivity index (χ2v) is 3.27. The van der Waals surface area contributed by atoms with E-state index in [4.69, 9.17) is 4.74 Å². The van der Waals surface area contributed by atoms with Gasteiger partial charge in [-0.25, -0.2) is 0 Å². The number of ether oxygens (including phenoxy) is 1. The molecule has 52 valence electrons. The van der Waals surface area contributed by atoms with Crippen LogP contribution in [0.2, 0.25) is 0 Å². The van der Waals surface area contributed by atoms with Gasteiger partial charge in [0.25, 0.3) is 0 Å². The molecule has 1 N–H and O–H groups in total. The van der Waals surface area contributed by atoms with Gasteiger partial charge in [-0.1, -0.05) is 6.92 Å². The first-order chi connectivity index (χ1) is 4.33. The van der Waals surface area contributed by atoms with E-state index in [1.807, 2.05) is 0 Å². The van der Waals surface area contributed by atoms with Crippen LogP contribution in [0, 0.1) is 5.92 Å². The van der Waals surface area contributed by atoms with Crippen molar-refractivity contribution in [3.63, 3.8) is 0 Å². The minimum Gasteiger partial charge on any atom is -0.377 e. The van der Waals surface area contributed by atoms with Crippen LogP contribution < -0.4 is 5.32 Å². The van der Waals surface area contributed by atoms with Crippen LogP contribution in [-0.2, 0) is 4.74 Å². The Balaban J connectivity index is 2.09. The topological polar surface area (TPSA) is 21.3 Å². The first kappa shape index (κ1) is 5.69. The van der Waals surface area contributed by atoms with Crippen LogP contribution >= 0.6 is 0 Å². The van der Waals surface area contributed by atoms with Gasteiger partial charge in [-0.2, -0.15) is 0 Å². The highest BCUT2D eigenvalue weighted by molar-refractivity contribution is 5.02. The first-order valence-electron chi connectivity index (χ1n) is 3.66. The van der Waals surface area contributed by atoms with Crippen molar-refractivity contribution < 1.29 is 4.74 Å². The Labute approximate surface area is 55.6 Å². The zero-order valence-electron chi connectivity index (χ0n) is 5.81. The number of rotatable bonds is 0.